The zero-order chi connectivity index (χ0) is 12.3. The zero-order valence-electron chi connectivity index (χ0n) is 10.1. The van der Waals surface area contributed by atoms with Gasteiger partial charge in [-0.3, -0.25) is 4.79 Å². The van der Waals surface area contributed by atoms with Crippen molar-refractivity contribution >= 4 is 11.8 Å². The molecule has 1 N–H and O–H groups in total. The summed E-state index contributed by atoms with van der Waals surface area (Å²) >= 11 is 0. The molecule has 1 aromatic heterocycles. The number of aromatic nitrogens is 1. The number of carbonyl (C=O) groups is 1. The van der Waals surface area contributed by atoms with E-state index in [-0.39, 0.29) is 6.42 Å². The van der Waals surface area contributed by atoms with Gasteiger partial charge in [0.15, 0.2) is 0 Å². The molecule has 0 saturated carbocycles. The molecule has 17 heavy (non-hydrogen) atoms. The summed E-state index contributed by atoms with van der Waals surface area (Å²) < 4.78 is 0. The Labute approximate surface area is 101 Å². The fourth-order valence-corrected chi connectivity index (χ4v) is 2.24. The van der Waals surface area contributed by atoms with E-state index in [9.17, 15) is 4.79 Å². The average Bonchev–Trinajstić information content (AvgIpc) is 2.30. The van der Waals surface area contributed by atoms with E-state index < -0.39 is 5.97 Å². The molecule has 4 nitrogen and oxygen atoms in total. The molecule has 1 fully saturated rings. The van der Waals surface area contributed by atoms with Crippen molar-refractivity contribution in [3.05, 3.63) is 23.9 Å². The van der Waals surface area contributed by atoms with Gasteiger partial charge in [0.1, 0.15) is 5.82 Å². The monoisotopic (exact) mass is 234 g/mol. The molecule has 2 heterocycles. The van der Waals surface area contributed by atoms with Crippen molar-refractivity contribution in [3.63, 3.8) is 0 Å². The fourth-order valence-electron chi connectivity index (χ4n) is 2.24. The van der Waals surface area contributed by atoms with E-state index in [1.807, 2.05) is 6.07 Å². The average molecular weight is 234 g/mol. The van der Waals surface area contributed by atoms with Gasteiger partial charge in [0.25, 0.3) is 0 Å². The second-order valence-corrected chi connectivity index (χ2v) is 4.73. The number of piperidine rings is 1. The Morgan fingerprint density at radius 1 is 1.53 bits per heavy atom. The second kappa shape index (κ2) is 5.17. The van der Waals surface area contributed by atoms with Crippen LogP contribution in [0.25, 0.3) is 0 Å². The zero-order valence-corrected chi connectivity index (χ0v) is 10.1. The van der Waals surface area contributed by atoms with Crippen LogP contribution in [0.3, 0.4) is 0 Å². The lowest BCUT2D eigenvalue weighted by atomic mass is 9.99. The van der Waals surface area contributed by atoms with Gasteiger partial charge in [-0.25, -0.2) is 4.98 Å². The molecule has 4 heteroatoms. The summed E-state index contributed by atoms with van der Waals surface area (Å²) in [6.07, 6.45) is 4.10. The third-order valence-corrected chi connectivity index (χ3v) is 3.29. The maximum Gasteiger partial charge on any atom is 0.307 e. The summed E-state index contributed by atoms with van der Waals surface area (Å²) in [6.45, 7) is 4.21. The minimum Gasteiger partial charge on any atom is -0.481 e. The molecule has 0 radical (unpaired) electrons. The van der Waals surface area contributed by atoms with Gasteiger partial charge in [-0.05, 0) is 24.8 Å². The van der Waals surface area contributed by atoms with Gasteiger partial charge in [-0.2, -0.15) is 0 Å². The quantitative estimate of drug-likeness (QED) is 0.868. The van der Waals surface area contributed by atoms with E-state index in [4.69, 9.17) is 5.11 Å². The van der Waals surface area contributed by atoms with Crippen LogP contribution in [0, 0.1) is 5.92 Å². The molecule has 92 valence electrons. The number of pyridine rings is 1. The van der Waals surface area contributed by atoms with E-state index in [2.05, 4.69) is 16.8 Å². The summed E-state index contributed by atoms with van der Waals surface area (Å²) in [6, 6.07) is 3.66. The molecule has 0 amide bonds. The van der Waals surface area contributed by atoms with Gasteiger partial charge in [-0.1, -0.05) is 13.0 Å². The van der Waals surface area contributed by atoms with Crippen molar-refractivity contribution in [3.8, 4) is 0 Å². The minimum absolute atomic E-state index is 0.0508. The predicted octanol–water partition coefficient (Wildman–Crippen LogP) is 1.95. The topological polar surface area (TPSA) is 53.4 Å². The lowest BCUT2D eigenvalue weighted by Crippen LogP contribution is -2.34. The number of carboxylic acids is 1. The van der Waals surface area contributed by atoms with Gasteiger partial charge in [-0.15, -0.1) is 0 Å². The fraction of sp³-hybridized carbons (Fsp3) is 0.538. The molecule has 0 aromatic carbocycles. The molecular formula is C13H18N2O2. The molecule has 0 bridgehead atoms. The number of hydrogen-bond acceptors (Lipinski definition) is 3. The van der Waals surface area contributed by atoms with E-state index in [0.29, 0.717) is 0 Å². The van der Waals surface area contributed by atoms with Crippen LogP contribution in [0.15, 0.2) is 18.3 Å². The molecule has 0 atom stereocenters. The molecular weight excluding hydrogens is 216 g/mol. The molecule has 1 aliphatic heterocycles. The first kappa shape index (κ1) is 11.9. The van der Waals surface area contributed by atoms with Crippen LogP contribution >= 0.6 is 0 Å². The summed E-state index contributed by atoms with van der Waals surface area (Å²) in [5.41, 5.74) is 0.814. The van der Waals surface area contributed by atoms with Crippen molar-refractivity contribution in [1.29, 1.82) is 0 Å². The Morgan fingerprint density at radius 2 is 2.24 bits per heavy atom. The van der Waals surface area contributed by atoms with Gasteiger partial charge in [0, 0.05) is 24.8 Å². The SMILES string of the molecule is CC1CCN(c2ncccc2CC(=O)O)CC1. The van der Waals surface area contributed by atoms with Crippen molar-refractivity contribution in [2.45, 2.75) is 26.2 Å². The first-order valence-corrected chi connectivity index (χ1v) is 6.07. The molecule has 2 rings (SSSR count). The molecule has 0 spiro atoms. The second-order valence-electron chi connectivity index (χ2n) is 4.73. The maximum absolute atomic E-state index is 10.8. The smallest absolute Gasteiger partial charge is 0.307 e. The number of hydrogen-bond donors (Lipinski definition) is 1. The summed E-state index contributed by atoms with van der Waals surface area (Å²) in [7, 11) is 0. The number of carboxylic acid groups (broad SMARTS) is 1. The van der Waals surface area contributed by atoms with Crippen LogP contribution in [0.4, 0.5) is 5.82 Å². The van der Waals surface area contributed by atoms with Crippen LogP contribution in [0.5, 0.6) is 0 Å². The first-order chi connectivity index (χ1) is 8.16. The number of anilines is 1. The highest BCUT2D eigenvalue weighted by atomic mass is 16.4. The van der Waals surface area contributed by atoms with Crippen LogP contribution in [0.2, 0.25) is 0 Å². The number of aliphatic carboxylic acids is 1. The molecule has 0 aliphatic carbocycles. The number of nitrogens with zero attached hydrogens (tertiary/aromatic N) is 2. The van der Waals surface area contributed by atoms with Crippen molar-refractivity contribution in [2.24, 2.45) is 5.92 Å². The minimum atomic E-state index is -0.801. The lowest BCUT2D eigenvalue weighted by molar-refractivity contribution is -0.136. The predicted molar refractivity (Wildman–Crippen MR) is 66.2 cm³/mol. The van der Waals surface area contributed by atoms with Crippen molar-refractivity contribution < 1.29 is 9.90 Å². The lowest BCUT2D eigenvalue weighted by Gasteiger charge is -2.32. The summed E-state index contributed by atoms with van der Waals surface area (Å²) in [5, 5.41) is 8.89. The van der Waals surface area contributed by atoms with E-state index in [1.54, 1.807) is 12.3 Å². The van der Waals surface area contributed by atoms with Crippen LogP contribution in [0.1, 0.15) is 25.3 Å². The normalized spacial score (nSPS) is 17.1. The molecule has 1 aliphatic rings. The van der Waals surface area contributed by atoms with Gasteiger partial charge in [0.2, 0.25) is 0 Å². The van der Waals surface area contributed by atoms with Crippen LogP contribution in [-0.2, 0) is 11.2 Å². The Bertz CT molecular complexity index is 398. The Kier molecular flexibility index (Phi) is 3.61. The Hall–Kier alpha value is -1.58. The Morgan fingerprint density at radius 3 is 2.88 bits per heavy atom. The van der Waals surface area contributed by atoms with Gasteiger partial charge >= 0.3 is 5.97 Å². The van der Waals surface area contributed by atoms with E-state index >= 15 is 0 Å². The third-order valence-electron chi connectivity index (χ3n) is 3.29. The van der Waals surface area contributed by atoms with E-state index in [1.165, 1.54) is 0 Å². The first-order valence-electron chi connectivity index (χ1n) is 6.07. The summed E-state index contributed by atoms with van der Waals surface area (Å²) in [4.78, 5) is 17.4. The molecule has 0 unspecified atom stereocenters. The standard InChI is InChI=1S/C13H18N2O2/c1-10-4-7-15(8-5-10)13-11(9-12(16)17)3-2-6-14-13/h2-3,6,10H,4-5,7-9H2,1H3,(H,16,17). The highest BCUT2D eigenvalue weighted by Crippen LogP contribution is 2.24. The summed E-state index contributed by atoms with van der Waals surface area (Å²) in [5.74, 6) is 0.810. The highest BCUT2D eigenvalue weighted by molar-refractivity contribution is 5.72. The molecule has 1 saturated heterocycles. The van der Waals surface area contributed by atoms with Gasteiger partial charge in [0.05, 0.1) is 6.42 Å². The number of rotatable bonds is 3. The van der Waals surface area contributed by atoms with Crippen LogP contribution < -0.4 is 4.90 Å². The van der Waals surface area contributed by atoms with Crippen molar-refractivity contribution in [1.82, 2.24) is 4.98 Å². The maximum atomic E-state index is 10.8. The largest absolute Gasteiger partial charge is 0.481 e. The highest BCUT2D eigenvalue weighted by Gasteiger charge is 2.19. The van der Waals surface area contributed by atoms with Gasteiger partial charge < -0.3 is 10.0 Å². The van der Waals surface area contributed by atoms with Crippen molar-refractivity contribution in [2.75, 3.05) is 18.0 Å². The third kappa shape index (κ3) is 2.96. The van der Waals surface area contributed by atoms with Crippen LogP contribution in [-0.4, -0.2) is 29.1 Å². The Balaban J connectivity index is 2.16. The molecule has 1 aromatic rings. The van der Waals surface area contributed by atoms with E-state index in [0.717, 1.165) is 43.2 Å².